The minimum atomic E-state index is -0.916. The Balaban J connectivity index is 2.13. The SMILES string of the molecule is CC(C(=O)O)C(C)C(=O)N1CCCc2ccccc2C1. The van der Waals surface area contributed by atoms with E-state index in [2.05, 4.69) is 6.07 Å². The fourth-order valence-electron chi connectivity index (χ4n) is 2.60. The van der Waals surface area contributed by atoms with E-state index in [0.29, 0.717) is 13.1 Å². The van der Waals surface area contributed by atoms with Gasteiger partial charge in [0.2, 0.25) is 5.91 Å². The molecule has 1 aromatic rings. The van der Waals surface area contributed by atoms with Crippen molar-refractivity contribution in [1.82, 2.24) is 4.90 Å². The molecule has 0 radical (unpaired) electrons. The summed E-state index contributed by atoms with van der Waals surface area (Å²) >= 11 is 0. The largest absolute Gasteiger partial charge is 0.481 e. The Labute approximate surface area is 119 Å². The van der Waals surface area contributed by atoms with E-state index in [1.165, 1.54) is 11.1 Å². The minimum Gasteiger partial charge on any atom is -0.481 e. The molecule has 0 saturated carbocycles. The van der Waals surface area contributed by atoms with Crippen molar-refractivity contribution in [3.8, 4) is 0 Å². The first-order valence-corrected chi connectivity index (χ1v) is 7.09. The summed E-state index contributed by atoms with van der Waals surface area (Å²) in [5.74, 6) is -2.11. The van der Waals surface area contributed by atoms with E-state index in [1.54, 1.807) is 18.7 Å². The molecule has 1 aliphatic rings. The number of fused-ring (bicyclic) bond motifs is 1. The molecule has 4 heteroatoms. The average Bonchev–Trinajstić information content (AvgIpc) is 2.66. The van der Waals surface area contributed by atoms with Crippen LogP contribution in [0.15, 0.2) is 24.3 Å². The molecule has 0 spiro atoms. The van der Waals surface area contributed by atoms with Gasteiger partial charge in [-0.2, -0.15) is 0 Å². The van der Waals surface area contributed by atoms with Crippen LogP contribution in [-0.4, -0.2) is 28.4 Å². The van der Waals surface area contributed by atoms with Gasteiger partial charge in [-0.15, -0.1) is 0 Å². The zero-order valence-corrected chi connectivity index (χ0v) is 12.0. The van der Waals surface area contributed by atoms with Crippen LogP contribution in [0.25, 0.3) is 0 Å². The van der Waals surface area contributed by atoms with Gasteiger partial charge in [-0.05, 0) is 24.0 Å². The van der Waals surface area contributed by atoms with Crippen molar-refractivity contribution in [1.29, 1.82) is 0 Å². The third kappa shape index (κ3) is 3.00. The second kappa shape index (κ2) is 6.07. The highest BCUT2D eigenvalue weighted by Gasteiger charge is 2.30. The number of carbonyl (C=O) groups excluding carboxylic acids is 1. The fourth-order valence-corrected chi connectivity index (χ4v) is 2.60. The molecule has 108 valence electrons. The number of carboxylic acids is 1. The number of benzene rings is 1. The lowest BCUT2D eigenvalue weighted by molar-refractivity contribution is -0.149. The Morgan fingerprint density at radius 3 is 2.45 bits per heavy atom. The Kier molecular flexibility index (Phi) is 4.42. The molecular formula is C16H21NO3. The van der Waals surface area contributed by atoms with Crippen LogP contribution in [0.2, 0.25) is 0 Å². The smallest absolute Gasteiger partial charge is 0.307 e. The van der Waals surface area contributed by atoms with E-state index >= 15 is 0 Å². The van der Waals surface area contributed by atoms with E-state index in [9.17, 15) is 9.59 Å². The second-order valence-corrected chi connectivity index (χ2v) is 5.55. The summed E-state index contributed by atoms with van der Waals surface area (Å²) in [6, 6.07) is 8.15. The molecule has 0 fully saturated rings. The van der Waals surface area contributed by atoms with Crippen molar-refractivity contribution < 1.29 is 14.7 Å². The average molecular weight is 275 g/mol. The van der Waals surface area contributed by atoms with Crippen LogP contribution in [0.4, 0.5) is 0 Å². The molecule has 4 nitrogen and oxygen atoms in total. The first-order valence-electron chi connectivity index (χ1n) is 7.09. The molecule has 2 atom stereocenters. The fraction of sp³-hybridized carbons (Fsp3) is 0.500. The monoisotopic (exact) mass is 275 g/mol. The van der Waals surface area contributed by atoms with E-state index in [-0.39, 0.29) is 5.91 Å². The van der Waals surface area contributed by atoms with Crippen LogP contribution >= 0.6 is 0 Å². The third-order valence-corrected chi connectivity index (χ3v) is 4.19. The number of carbonyl (C=O) groups is 2. The van der Waals surface area contributed by atoms with E-state index in [0.717, 1.165) is 12.8 Å². The zero-order chi connectivity index (χ0) is 14.7. The topological polar surface area (TPSA) is 57.6 Å². The maximum Gasteiger partial charge on any atom is 0.307 e. The Morgan fingerprint density at radius 2 is 1.80 bits per heavy atom. The standard InChI is InChI=1S/C16H21NO3/c1-11(12(2)16(19)20)15(18)17-9-5-8-13-6-3-4-7-14(13)10-17/h3-4,6-7,11-12H,5,8-10H2,1-2H3,(H,19,20). The summed E-state index contributed by atoms with van der Waals surface area (Å²) in [6.07, 6.45) is 1.90. The van der Waals surface area contributed by atoms with Gasteiger partial charge >= 0.3 is 5.97 Å². The van der Waals surface area contributed by atoms with Crippen molar-refractivity contribution in [3.63, 3.8) is 0 Å². The number of aryl methyl sites for hydroxylation is 1. The molecule has 0 saturated heterocycles. The Hall–Kier alpha value is -1.84. The molecule has 1 aliphatic heterocycles. The molecular weight excluding hydrogens is 254 g/mol. The summed E-state index contributed by atoms with van der Waals surface area (Å²) in [5, 5.41) is 9.04. The summed E-state index contributed by atoms with van der Waals surface area (Å²) < 4.78 is 0. The van der Waals surface area contributed by atoms with E-state index in [1.807, 2.05) is 18.2 Å². The lowest BCUT2D eigenvalue weighted by Crippen LogP contribution is -2.38. The molecule has 20 heavy (non-hydrogen) atoms. The van der Waals surface area contributed by atoms with Gasteiger partial charge in [-0.25, -0.2) is 0 Å². The summed E-state index contributed by atoms with van der Waals surface area (Å²) in [5.41, 5.74) is 2.47. The summed E-state index contributed by atoms with van der Waals surface area (Å²) in [4.78, 5) is 25.3. The molecule has 1 amide bonds. The molecule has 2 unspecified atom stereocenters. The number of hydrogen-bond acceptors (Lipinski definition) is 2. The minimum absolute atomic E-state index is 0.0587. The van der Waals surface area contributed by atoms with Gasteiger partial charge in [-0.1, -0.05) is 38.1 Å². The summed E-state index contributed by atoms with van der Waals surface area (Å²) in [7, 11) is 0. The molecule has 1 aromatic carbocycles. The van der Waals surface area contributed by atoms with Crippen LogP contribution in [0, 0.1) is 11.8 Å². The number of rotatable bonds is 3. The van der Waals surface area contributed by atoms with Gasteiger partial charge in [-0.3, -0.25) is 9.59 Å². The highest BCUT2D eigenvalue weighted by atomic mass is 16.4. The first kappa shape index (κ1) is 14.6. The molecule has 0 aliphatic carbocycles. The lowest BCUT2D eigenvalue weighted by Gasteiger charge is -2.26. The van der Waals surface area contributed by atoms with Gasteiger partial charge in [0.05, 0.1) is 5.92 Å². The number of carboxylic acid groups (broad SMARTS) is 1. The van der Waals surface area contributed by atoms with Crippen LogP contribution in [0.3, 0.4) is 0 Å². The van der Waals surface area contributed by atoms with Crippen LogP contribution in [0.5, 0.6) is 0 Å². The number of amides is 1. The van der Waals surface area contributed by atoms with E-state index < -0.39 is 17.8 Å². The van der Waals surface area contributed by atoms with Crippen LogP contribution in [-0.2, 0) is 22.6 Å². The molecule has 2 rings (SSSR count). The normalized spacial score (nSPS) is 17.8. The third-order valence-electron chi connectivity index (χ3n) is 4.19. The van der Waals surface area contributed by atoms with Crippen LogP contribution in [0.1, 0.15) is 31.4 Å². The van der Waals surface area contributed by atoms with Gasteiger partial charge < -0.3 is 10.0 Å². The van der Waals surface area contributed by atoms with Gasteiger partial charge in [0.15, 0.2) is 0 Å². The lowest BCUT2D eigenvalue weighted by atomic mass is 9.94. The quantitative estimate of drug-likeness (QED) is 0.921. The zero-order valence-electron chi connectivity index (χ0n) is 12.0. The number of hydrogen-bond donors (Lipinski definition) is 1. The van der Waals surface area contributed by atoms with Crippen molar-refractivity contribution in [2.45, 2.75) is 33.2 Å². The predicted molar refractivity (Wildman–Crippen MR) is 76.1 cm³/mol. The Morgan fingerprint density at radius 1 is 1.15 bits per heavy atom. The Bertz CT molecular complexity index is 512. The van der Waals surface area contributed by atoms with Gasteiger partial charge in [0.1, 0.15) is 0 Å². The van der Waals surface area contributed by atoms with Gasteiger partial charge in [0.25, 0.3) is 0 Å². The van der Waals surface area contributed by atoms with Gasteiger partial charge in [0, 0.05) is 19.0 Å². The van der Waals surface area contributed by atoms with Crippen molar-refractivity contribution in [2.75, 3.05) is 6.54 Å². The maximum absolute atomic E-state index is 12.5. The second-order valence-electron chi connectivity index (χ2n) is 5.55. The number of aliphatic carboxylic acids is 1. The molecule has 1 N–H and O–H groups in total. The summed E-state index contributed by atoms with van der Waals surface area (Å²) in [6.45, 7) is 4.59. The molecule has 0 aromatic heterocycles. The van der Waals surface area contributed by atoms with Crippen molar-refractivity contribution >= 4 is 11.9 Å². The van der Waals surface area contributed by atoms with Crippen molar-refractivity contribution in [2.24, 2.45) is 11.8 Å². The van der Waals surface area contributed by atoms with E-state index in [4.69, 9.17) is 5.11 Å². The highest BCUT2D eigenvalue weighted by Crippen LogP contribution is 2.22. The predicted octanol–water partition coefficient (Wildman–Crippen LogP) is 2.32. The molecule has 0 bridgehead atoms. The first-order chi connectivity index (χ1) is 9.50. The maximum atomic E-state index is 12.5. The number of nitrogens with zero attached hydrogens (tertiary/aromatic N) is 1. The highest BCUT2D eigenvalue weighted by molar-refractivity contribution is 5.84. The van der Waals surface area contributed by atoms with Crippen molar-refractivity contribution in [3.05, 3.63) is 35.4 Å². The van der Waals surface area contributed by atoms with Crippen LogP contribution < -0.4 is 0 Å². The molecule has 1 heterocycles.